The zero-order valence-electron chi connectivity index (χ0n) is 35.6. The van der Waals surface area contributed by atoms with Crippen LogP contribution in [0.3, 0.4) is 0 Å². The third-order valence-corrected chi connectivity index (χ3v) is 17.8. The Kier molecular flexibility index (Phi) is 14.2. The van der Waals surface area contributed by atoms with Gasteiger partial charge >= 0.3 is 0 Å². The molecule has 0 bridgehead atoms. The third kappa shape index (κ3) is 9.95. The molecule has 2 saturated heterocycles. The summed E-state index contributed by atoms with van der Waals surface area (Å²) in [6, 6.07) is 39.6. The zero-order valence-corrected chi connectivity index (χ0v) is 36.6. The van der Waals surface area contributed by atoms with Gasteiger partial charge in [0.1, 0.15) is 0 Å². The van der Waals surface area contributed by atoms with Crippen molar-refractivity contribution in [2.75, 3.05) is 39.3 Å². The molecule has 2 fully saturated rings. The predicted molar refractivity (Wildman–Crippen MR) is 244 cm³/mol. The van der Waals surface area contributed by atoms with Gasteiger partial charge in [0, 0.05) is 37.3 Å². The summed E-state index contributed by atoms with van der Waals surface area (Å²) in [6.45, 7) is 14.7. The van der Waals surface area contributed by atoms with Gasteiger partial charge in [0.25, 0.3) is 14.2 Å². The lowest BCUT2D eigenvalue weighted by Crippen LogP contribution is -2.67. The van der Waals surface area contributed by atoms with Crippen molar-refractivity contribution in [3.8, 4) is 11.1 Å². The molecule has 3 atom stereocenters. The number of unbranched alkanes of at least 4 members (excludes halogenated alkanes) is 5. The molecule has 3 aliphatic rings. The lowest BCUT2D eigenvalue weighted by Gasteiger charge is -2.44. The summed E-state index contributed by atoms with van der Waals surface area (Å²) in [5.74, 6) is 0.890. The molecule has 1 amide bonds. The van der Waals surface area contributed by atoms with Crippen molar-refractivity contribution < 1.29 is 9.22 Å². The first kappa shape index (κ1) is 41.9. The first-order valence-corrected chi connectivity index (χ1v) is 24.2. The van der Waals surface area contributed by atoms with Gasteiger partial charge in [-0.1, -0.05) is 157 Å². The Bertz CT molecular complexity index is 1870. The number of carbonyl (C=O) groups excluding carboxylic acids is 1. The standard InChI is InChI=1S/C50H67N5O2Si/c1-5-6-7-8-9-16-33-54-34-17-22-47(54)41-27-23-39(24-28-41)40-25-29-42(30-26-40)48(56)51-37-43-31-35-55-36-32-44(53-49(55)52-43)38-57-58(50(2,3)4,45-18-12-10-13-19-45)46-20-14-11-15-21-46/h10-15,18-21,23-30,43-44,47H,5-9,16-17,22,31-38H2,1-4H3,(H,51,56)(H,52,53)/t43-,44-,47+/m1/s1. The van der Waals surface area contributed by atoms with Crippen molar-refractivity contribution in [1.82, 2.24) is 20.4 Å². The second kappa shape index (κ2) is 19.7. The van der Waals surface area contributed by atoms with Crippen LogP contribution in [0, 0.1) is 0 Å². The number of guanidine groups is 1. The Morgan fingerprint density at radius 1 is 0.776 bits per heavy atom. The molecule has 0 radical (unpaired) electrons. The van der Waals surface area contributed by atoms with Gasteiger partial charge in [0.15, 0.2) is 5.96 Å². The van der Waals surface area contributed by atoms with E-state index in [1.807, 2.05) is 12.1 Å². The van der Waals surface area contributed by atoms with E-state index >= 15 is 0 Å². The number of rotatable bonds is 17. The zero-order chi connectivity index (χ0) is 40.4. The summed E-state index contributed by atoms with van der Waals surface area (Å²) < 4.78 is 7.26. The molecule has 0 aliphatic carbocycles. The monoisotopic (exact) mass is 798 g/mol. The van der Waals surface area contributed by atoms with Crippen LogP contribution in [0.25, 0.3) is 11.1 Å². The number of nitrogens with one attached hydrogen (secondary N) is 2. The Morgan fingerprint density at radius 2 is 1.40 bits per heavy atom. The van der Waals surface area contributed by atoms with Crippen LogP contribution < -0.4 is 21.0 Å². The van der Waals surface area contributed by atoms with Gasteiger partial charge in [-0.2, -0.15) is 0 Å². The fraction of sp³-hybridized carbons (Fsp3) is 0.480. The van der Waals surface area contributed by atoms with Crippen molar-refractivity contribution >= 4 is 30.6 Å². The van der Waals surface area contributed by atoms with Gasteiger partial charge in [0.2, 0.25) is 0 Å². The van der Waals surface area contributed by atoms with Gasteiger partial charge in [-0.05, 0) is 89.4 Å². The first-order chi connectivity index (χ1) is 28.2. The Morgan fingerprint density at radius 3 is 2.05 bits per heavy atom. The van der Waals surface area contributed by atoms with Gasteiger partial charge in [0.05, 0.1) is 12.6 Å². The van der Waals surface area contributed by atoms with Gasteiger partial charge in [-0.25, -0.2) is 4.99 Å². The van der Waals surface area contributed by atoms with Gasteiger partial charge in [-0.3, -0.25) is 9.69 Å². The smallest absolute Gasteiger partial charge is 0.261 e. The van der Waals surface area contributed by atoms with Crippen molar-refractivity contribution in [2.45, 2.75) is 115 Å². The lowest BCUT2D eigenvalue weighted by molar-refractivity contribution is 0.0948. The first-order valence-electron chi connectivity index (χ1n) is 22.3. The number of carbonyl (C=O) groups is 1. The van der Waals surface area contributed by atoms with E-state index in [0.717, 1.165) is 37.5 Å². The van der Waals surface area contributed by atoms with E-state index in [4.69, 9.17) is 9.42 Å². The highest BCUT2D eigenvalue weighted by Crippen LogP contribution is 2.37. The predicted octanol–water partition coefficient (Wildman–Crippen LogP) is 8.95. The minimum Gasteiger partial charge on any atom is -0.405 e. The fourth-order valence-corrected chi connectivity index (χ4v) is 14.1. The highest BCUT2D eigenvalue weighted by molar-refractivity contribution is 6.99. The number of amides is 1. The molecule has 7 nitrogen and oxygen atoms in total. The molecule has 3 heterocycles. The molecule has 58 heavy (non-hydrogen) atoms. The molecule has 8 heteroatoms. The SMILES string of the molecule is CCCCCCCCN1CCC[C@H]1c1ccc(-c2ccc(C(=O)NC[C@H]3CCN4CC[C@H](CO[Si](c5ccccc5)(c5ccccc5)C(C)(C)C)N=C4N3)cc2)cc1. The van der Waals surface area contributed by atoms with Crippen LogP contribution in [0.4, 0.5) is 0 Å². The number of aliphatic imine (C=N–C) groups is 1. The van der Waals surface area contributed by atoms with E-state index in [2.05, 4.69) is 145 Å². The van der Waals surface area contributed by atoms with Crippen LogP contribution in [-0.4, -0.2) is 81.4 Å². The van der Waals surface area contributed by atoms with E-state index in [-0.39, 0.29) is 23.0 Å². The quantitative estimate of drug-likeness (QED) is 0.0826. The maximum Gasteiger partial charge on any atom is 0.261 e. The third-order valence-electron chi connectivity index (χ3n) is 12.8. The maximum absolute atomic E-state index is 13.3. The molecular formula is C50H67N5O2Si. The minimum atomic E-state index is -2.64. The molecule has 2 N–H and O–H groups in total. The number of hydrogen-bond acceptors (Lipinski definition) is 6. The van der Waals surface area contributed by atoms with E-state index in [9.17, 15) is 4.79 Å². The highest BCUT2D eigenvalue weighted by Gasteiger charge is 2.50. The average molecular weight is 798 g/mol. The van der Waals surface area contributed by atoms with Gasteiger partial charge in [-0.15, -0.1) is 0 Å². The molecule has 0 aromatic heterocycles. The van der Waals surface area contributed by atoms with Crippen LogP contribution in [0.2, 0.25) is 5.04 Å². The fourth-order valence-electron chi connectivity index (χ4n) is 9.50. The van der Waals surface area contributed by atoms with Crippen LogP contribution in [-0.2, 0) is 4.43 Å². The van der Waals surface area contributed by atoms with Crippen LogP contribution in [0.5, 0.6) is 0 Å². The van der Waals surface area contributed by atoms with Crippen LogP contribution >= 0.6 is 0 Å². The second-order valence-electron chi connectivity index (χ2n) is 17.9. The number of fused-ring (bicyclic) bond motifs is 1. The normalized spacial score (nSPS) is 20.0. The van der Waals surface area contributed by atoms with Crippen molar-refractivity contribution in [1.29, 1.82) is 0 Å². The van der Waals surface area contributed by atoms with Crippen LogP contribution in [0.1, 0.15) is 114 Å². The summed E-state index contributed by atoms with van der Waals surface area (Å²) >= 11 is 0. The molecule has 0 spiro atoms. The maximum atomic E-state index is 13.3. The minimum absolute atomic E-state index is 0.0417. The van der Waals surface area contributed by atoms with E-state index in [1.54, 1.807) is 0 Å². The molecule has 0 saturated carbocycles. The van der Waals surface area contributed by atoms with Crippen LogP contribution in [0.15, 0.2) is 114 Å². The molecule has 3 aliphatic heterocycles. The summed E-state index contributed by atoms with van der Waals surface area (Å²) in [6.07, 6.45) is 12.5. The molecule has 4 aromatic rings. The average Bonchev–Trinajstić information content (AvgIpc) is 3.73. The summed E-state index contributed by atoms with van der Waals surface area (Å²) in [5.41, 5.74) is 4.44. The molecule has 308 valence electrons. The van der Waals surface area contributed by atoms with Crippen molar-refractivity contribution in [2.24, 2.45) is 4.99 Å². The number of benzene rings is 4. The van der Waals surface area contributed by atoms with Gasteiger partial charge < -0.3 is 20.0 Å². The lowest BCUT2D eigenvalue weighted by atomic mass is 9.98. The Balaban J connectivity index is 0.916. The molecule has 0 unspecified atom stereocenters. The van der Waals surface area contributed by atoms with Crippen molar-refractivity contribution in [3.63, 3.8) is 0 Å². The summed E-state index contributed by atoms with van der Waals surface area (Å²) in [7, 11) is -2.64. The molecular weight excluding hydrogens is 731 g/mol. The van der Waals surface area contributed by atoms with E-state index < -0.39 is 8.32 Å². The van der Waals surface area contributed by atoms with E-state index in [1.165, 1.54) is 86.0 Å². The number of nitrogens with zero attached hydrogens (tertiary/aromatic N) is 3. The topological polar surface area (TPSA) is 69.2 Å². The highest BCUT2D eigenvalue weighted by atomic mass is 28.4. The Labute approximate surface area is 349 Å². The summed E-state index contributed by atoms with van der Waals surface area (Å²) in [4.78, 5) is 23.6. The number of likely N-dealkylation sites (tertiary alicyclic amines) is 1. The number of hydrogen-bond donors (Lipinski definition) is 2. The molecule has 7 rings (SSSR count). The summed E-state index contributed by atoms with van der Waals surface area (Å²) in [5, 5.41) is 9.38. The van der Waals surface area contributed by atoms with E-state index in [0.29, 0.717) is 24.8 Å². The second-order valence-corrected chi connectivity index (χ2v) is 22.2. The molecule has 4 aromatic carbocycles. The largest absolute Gasteiger partial charge is 0.405 e. The Hall–Kier alpha value is -4.24. The van der Waals surface area contributed by atoms with Crippen molar-refractivity contribution in [3.05, 3.63) is 120 Å².